The van der Waals surface area contributed by atoms with Crippen LogP contribution in [0.15, 0.2) is 4.79 Å². The Morgan fingerprint density at radius 1 is 1.21 bits per heavy atom. The molecule has 0 saturated carbocycles. The topological polar surface area (TPSA) is 102 Å². The predicted octanol–water partition coefficient (Wildman–Crippen LogP) is 2.78. The highest BCUT2D eigenvalue weighted by Crippen LogP contribution is 2.22. The number of imidazole rings is 1. The van der Waals surface area contributed by atoms with Crippen LogP contribution in [0.25, 0.3) is 11.2 Å². The number of aromatic amines is 1. The predicted molar refractivity (Wildman–Crippen MR) is 112 cm³/mol. The zero-order valence-electron chi connectivity index (χ0n) is 17.2. The molecule has 8 heteroatoms. The summed E-state index contributed by atoms with van der Waals surface area (Å²) in [7, 11) is 0. The SMILES string of the molecule is CCCCOc1nc(N)c2[nH]c(=O)n(CCC3CCCN(CCCC)C3)c2n1. The van der Waals surface area contributed by atoms with Gasteiger partial charge in [-0.15, -0.1) is 0 Å². The van der Waals surface area contributed by atoms with Crippen molar-refractivity contribution >= 4 is 17.0 Å². The molecule has 1 unspecified atom stereocenters. The number of rotatable bonds is 10. The van der Waals surface area contributed by atoms with Crippen molar-refractivity contribution in [1.29, 1.82) is 0 Å². The highest BCUT2D eigenvalue weighted by Gasteiger charge is 2.21. The maximum atomic E-state index is 12.5. The average Bonchev–Trinajstić information content (AvgIpc) is 3.01. The molecule has 2 aromatic heterocycles. The largest absolute Gasteiger partial charge is 0.463 e. The fourth-order valence-corrected chi connectivity index (χ4v) is 3.89. The van der Waals surface area contributed by atoms with E-state index in [4.69, 9.17) is 10.5 Å². The number of anilines is 1. The second-order valence-corrected chi connectivity index (χ2v) is 7.82. The second kappa shape index (κ2) is 9.91. The van der Waals surface area contributed by atoms with E-state index in [1.54, 1.807) is 4.57 Å². The van der Waals surface area contributed by atoms with Gasteiger partial charge in [0.1, 0.15) is 5.52 Å². The van der Waals surface area contributed by atoms with E-state index in [1.165, 1.54) is 38.8 Å². The van der Waals surface area contributed by atoms with Crippen LogP contribution in [0.2, 0.25) is 0 Å². The number of nitrogens with zero attached hydrogens (tertiary/aromatic N) is 4. The number of piperidine rings is 1. The number of ether oxygens (including phenoxy) is 1. The number of hydrogen-bond acceptors (Lipinski definition) is 6. The van der Waals surface area contributed by atoms with Gasteiger partial charge < -0.3 is 20.4 Å². The van der Waals surface area contributed by atoms with Crippen LogP contribution in [-0.4, -0.2) is 50.7 Å². The van der Waals surface area contributed by atoms with E-state index in [1.807, 2.05) is 0 Å². The molecule has 1 fully saturated rings. The molecule has 0 radical (unpaired) electrons. The molecule has 156 valence electrons. The van der Waals surface area contributed by atoms with Crippen LogP contribution in [-0.2, 0) is 6.54 Å². The molecule has 0 bridgehead atoms. The third-order valence-electron chi connectivity index (χ3n) is 5.55. The number of nitrogens with one attached hydrogen (secondary N) is 1. The van der Waals surface area contributed by atoms with Crippen molar-refractivity contribution in [3.63, 3.8) is 0 Å². The van der Waals surface area contributed by atoms with E-state index in [0.717, 1.165) is 25.8 Å². The summed E-state index contributed by atoms with van der Waals surface area (Å²) in [5.74, 6) is 0.873. The summed E-state index contributed by atoms with van der Waals surface area (Å²) in [6.45, 7) is 9.02. The summed E-state index contributed by atoms with van der Waals surface area (Å²) < 4.78 is 7.29. The number of aryl methyl sites for hydroxylation is 1. The van der Waals surface area contributed by atoms with E-state index >= 15 is 0 Å². The number of H-pyrrole nitrogens is 1. The van der Waals surface area contributed by atoms with Crippen LogP contribution >= 0.6 is 0 Å². The minimum Gasteiger partial charge on any atom is -0.463 e. The molecule has 2 aromatic rings. The first kappa shape index (κ1) is 20.6. The van der Waals surface area contributed by atoms with Crippen molar-refractivity contribution in [1.82, 2.24) is 24.4 Å². The van der Waals surface area contributed by atoms with Crippen molar-refractivity contribution in [2.24, 2.45) is 5.92 Å². The van der Waals surface area contributed by atoms with Gasteiger partial charge in [0.25, 0.3) is 0 Å². The number of nitrogen functional groups attached to an aromatic ring is 1. The normalized spacial score (nSPS) is 18.0. The minimum absolute atomic E-state index is 0.180. The summed E-state index contributed by atoms with van der Waals surface area (Å²) in [6.07, 6.45) is 7.87. The first-order chi connectivity index (χ1) is 13.6. The molecule has 0 amide bonds. The molecule has 3 rings (SSSR count). The molecule has 3 heterocycles. The Morgan fingerprint density at radius 2 is 2.04 bits per heavy atom. The van der Waals surface area contributed by atoms with Gasteiger partial charge in [0.05, 0.1) is 6.61 Å². The van der Waals surface area contributed by atoms with Gasteiger partial charge in [-0.2, -0.15) is 9.97 Å². The van der Waals surface area contributed by atoms with E-state index in [-0.39, 0.29) is 17.5 Å². The molecule has 1 aliphatic rings. The quantitative estimate of drug-likeness (QED) is 0.605. The number of likely N-dealkylation sites (tertiary alicyclic amines) is 1. The number of nitrogens with two attached hydrogens (primary N) is 1. The van der Waals surface area contributed by atoms with Crippen LogP contribution in [0.5, 0.6) is 6.01 Å². The Kier molecular flexibility index (Phi) is 7.30. The highest BCUT2D eigenvalue weighted by atomic mass is 16.5. The molecular weight excluding hydrogens is 356 g/mol. The van der Waals surface area contributed by atoms with Crippen molar-refractivity contribution in [2.45, 2.75) is 65.3 Å². The van der Waals surface area contributed by atoms with Gasteiger partial charge in [-0.3, -0.25) is 4.57 Å². The van der Waals surface area contributed by atoms with E-state index < -0.39 is 0 Å². The minimum atomic E-state index is -0.180. The molecule has 0 aromatic carbocycles. The highest BCUT2D eigenvalue weighted by molar-refractivity contribution is 5.81. The summed E-state index contributed by atoms with van der Waals surface area (Å²) in [5.41, 5.74) is 6.89. The Hall–Kier alpha value is -2.09. The second-order valence-electron chi connectivity index (χ2n) is 7.82. The van der Waals surface area contributed by atoms with Gasteiger partial charge in [0.15, 0.2) is 11.5 Å². The van der Waals surface area contributed by atoms with Crippen LogP contribution in [0.1, 0.15) is 58.8 Å². The molecule has 1 atom stereocenters. The van der Waals surface area contributed by atoms with Gasteiger partial charge in [0, 0.05) is 13.1 Å². The zero-order chi connectivity index (χ0) is 19.9. The first-order valence-corrected chi connectivity index (χ1v) is 10.7. The van der Waals surface area contributed by atoms with Crippen LogP contribution in [0.4, 0.5) is 5.82 Å². The van der Waals surface area contributed by atoms with Gasteiger partial charge in [-0.05, 0) is 51.1 Å². The molecule has 0 spiro atoms. The van der Waals surface area contributed by atoms with E-state index in [2.05, 4.69) is 33.7 Å². The van der Waals surface area contributed by atoms with Gasteiger partial charge in [-0.1, -0.05) is 26.7 Å². The Morgan fingerprint density at radius 3 is 2.82 bits per heavy atom. The van der Waals surface area contributed by atoms with E-state index in [9.17, 15) is 4.79 Å². The number of hydrogen-bond donors (Lipinski definition) is 2. The first-order valence-electron chi connectivity index (χ1n) is 10.7. The van der Waals surface area contributed by atoms with Crippen molar-refractivity contribution < 1.29 is 4.74 Å². The molecule has 1 aliphatic heterocycles. The Labute approximate surface area is 166 Å². The fourth-order valence-electron chi connectivity index (χ4n) is 3.89. The summed E-state index contributed by atoms with van der Waals surface area (Å²) in [6, 6.07) is 0.245. The molecular formula is C20H34N6O2. The standard InChI is InChI=1S/C20H34N6O2/c1-3-5-10-25-11-7-8-15(14-25)9-12-26-18-16(22-20(26)27)17(21)23-19(24-18)28-13-6-4-2/h15H,3-14H2,1-2H3,(H,22,27)(H2,21,23,24). The Balaban J connectivity index is 1.70. The van der Waals surface area contributed by atoms with Gasteiger partial charge in [0.2, 0.25) is 0 Å². The molecule has 1 saturated heterocycles. The zero-order valence-corrected chi connectivity index (χ0v) is 17.2. The van der Waals surface area contributed by atoms with E-state index in [0.29, 0.717) is 30.2 Å². The lowest BCUT2D eigenvalue weighted by atomic mass is 9.94. The molecule has 3 N–H and O–H groups in total. The number of aromatic nitrogens is 4. The van der Waals surface area contributed by atoms with Crippen LogP contribution in [0.3, 0.4) is 0 Å². The summed E-state index contributed by atoms with van der Waals surface area (Å²) in [4.78, 5) is 26.5. The van der Waals surface area contributed by atoms with Gasteiger partial charge >= 0.3 is 11.7 Å². The lowest BCUT2D eigenvalue weighted by Crippen LogP contribution is -2.36. The fraction of sp³-hybridized carbons (Fsp3) is 0.750. The summed E-state index contributed by atoms with van der Waals surface area (Å²) in [5, 5.41) is 0. The van der Waals surface area contributed by atoms with Crippen LogP contribution in [0, 0.1) is 5.92 Å². The van der Waals surface area contributed by atoms with Crippen LogP contribution < -0.4 is 16.2 Å². The van der Waals surface area contributed by atoms with Crippen molar-refractivity contribution in [3.8, 4) is 6.01 Å². The van der Waals surface area contributed by atoms with Crippen molar-refractivity contribution in [2.75, 3.05) is 32.0 Å². The maximum Gasteiger partial charge on any atom is 0.327 e. The smallest absolute Gasteiger partial charge is 0.327 e. The van der Waals surface area contributed by atoms with Gasteiger partial charge in [-0.25, -0.2) is 4.79 Å². The Bertz CT molecular complexity index is 815. The van der Waals surface area contributed by atoms with Crippen molar-refractivity contribution in [3.05, 3.63) is 10.5 Å². The third kappa shape index (κ3) is 5.04. The lowest BCUT2D eigenvalue weighted by Gasteiger charge is -2.32. The summed E-state index contributed by atoms with van der Waals surface area (Å²) >= 11 is 0. The third-order valence-corrected chi connectivity index (χ3v) is 5.55. The maximum absolute atomic E-state index is 12.5. The average molecular weight is 391 g/mol. The number of fused-ring (bicyclic) bond motifs is 1. The molecule has 8 nitrogen and oxygen atoms in total. The molecule has 28 heavy (non-hydrogen) atoms. The number of unbranched alkanes of at least 4 members (excludes halogenated alkanes) is 2. The monoisotopic (exact) mass is 390 g/mol. The lowest BCUT2D eigenvalue weighted by molar-refractivity contribution is 0.163. The molecule has 0 aliphatic carbocycles.